The number of rotatable bonds is 3. The molecule has 0 saturated carbocycles. The van der Waals surface area contributed by atoms with Crippen molar-refractivity contribution in [2.45, 2.75) is 39.8 Å². The Labute approximate surface area is 204 Å². The maximum absolute atomic E-state index is 14.0. The van der Waals surface area contributed by atoms with Gasteiger partial charge in [0.1, 0.15) is 11.8 Å². The van der Waals surface area contributed by atoms with Gasteiger partial charge in [0, 0.05) is 22.7 Å². The number of ether oxygens (including phenoxy) is 1. The molecule has 0 N–H and O–H groups in total. The van der Waals surface area contributed by atoms with Crippen LogP contribution in [0.15, 0.2) is 42.6 Å². The highest BCUT2D eigenvalue weighted by Gasteiger charge is 2.65. The largest absolute Gasteiger partial charge is 0.495 e. The maximum Gasteiger partial charge on any atom is 0.240 e. The number of imide groups is 1. The summed E-state index contributed by atoms with van der Waals surface area (Å²) >= 11 is 6.27. The van der Waals surface area contributed by atoms with Crippen molar-refractivity contribution in [2.75, 3.05) is 12.0 Å². The molecule has 0 radical (unpaired) electrons. The SMILES string of the molecule is COc1cc(Cl)c(C)cc1N1C(=O)[C@@H]2[C@H](C1=O)C1c3ccccc3C=CN1[C@@H]2C(=O)C(C)(C)C. The lowest BCUT2D eigenvalue weighted by Crippen LogP contribution is -2.47. The zero-order valence-corrected chi connectivity index (χ0v) is 20.6. The summed E-state index contributed by atoms with van der Waals surface area (Å²) in [4.78, 5) is 44.8. The number of aryl methyl sites for hydroxylation is 1. The topological polar surface area (TPSA) is 66.9 Å². The predicted molar refractivity (Wildman–Crippen MR) is 131 cm³/mol. The van der Waals surface area contributed by atoms with Gasteiger partial charge in [0.2, 0.25) is 11.8 Å². The van der Waals surface area contributed by atoms with Crippen molar-refractivity contribution in [1.29, 1.82) is 0 Å². The molecule has 0 aromatic heterocycles. The fourth-order valence-corrected chi connectivity index (χ4v) is 5.68. The minimum Gasteiger partial charge on any atom is -0.495 e. The van der Waals surface area contributed by atoms with Gasteiger partial charge in [-0.3, -0.25) is 14.4 Å². The summed E-state index contributed by atoms with van der Waals surface area (Å²) in [5, 5.41) is 0.484. The molecule has 34 heavy (non-hydrogen) atoms. The Bertz CT molecular complexity index is 1260. The van der Waals surface area contributed by atoms with E-state index < -0.39 is 29.3 Å². The molecule has 2 fully saturated rings. The number of amides is 2. The predicted octanol–water partition coefficient (Wildman–Crippen LogP) is 4.79. The quantitative estimate of drug-likeness (QED) is 0.593. The first-order valence-corrected chi connectivity index (χ1v) is 11.7. The Balaban J connectivity index is 1.69. The molecule has 4 atom stereocenters. The van der Waals surface area contributed by atoms with E-state index in [1.165, 1.54) is 12.0 Å². The van der Waals surface area contributed by atoms with E-state index in [0.29, 0.717) is 16.5 Å². The molecule has 0 aliphatic carbocycles. The lowest BCUT2D eigenvalue weighted by molar-refractivity contribution is -0.135. The third-order valence-corrected chi connectivity index (χ3v) is 7.58. The van der Waals surface area contributed by atoms with Crippen LogP contribution in [0.5, 0.6) is 5.75 Å². The van der Waals surface area contributed by atoms with E-state index in [9.17, 15) is 14.4 Å². The molecule has 2 aromatic carbocycles. The van der Waals surface area contributed by atoms with E-state index in [-0.39, 0.29) is 17.6 Å². The standard InChI is InChI=1S/C27H27ClN2O4/c1-14-12-18(19(34-5)13-17(14)28)30-25(32)20-21(26(30)33)23(24(31)27(2,3)4)29-11-10-15-8-6-7-9-16(15)22(20)29/h6-13,20-23H,1-5H3/t20-,21+,22?,23-/m0/s1. The van der Waals surface area contributed by atoms with Crippen molar-refractivity contribution in [1.82, 2.24) is 4.90 Å². The van der Waals surface area contributed by atoms with Crippen molar-refractivity contribution in [2.24, 2.45) is 17.3 Å². The van der Waals surface area contributed by atoms with Gasteiger partial charge in [-0.05, 0) is 35.8 Å². The van der Waals surface area contributed by atoms with Crippen LogP contribution in [0.3, 0.4) is 0 Å². The number of methoxy groups -OCH3 is 1. The Hall–Kier alpha value is -3.12. The Morgan fingerprint density at radius 3 is 2.41 bits per heavy atom. The number of anilines is 1. The van der Waals surface area contributed by atoms with E-state index in [2.05, 4.69) is 0 Å². The Morgan fingerprint density at radius 2 is 1.74 bits per heavy atom. The summed E-state index contributed by atoms with van der Waals surface area (Å²) in [5.41, 5.74) is 2.35. The van der Waals surface area contributed by atoms with Crippen molar-refractivity contribution in [3.05, 3.63) is 64.3 Å². The van der Waals surface area contributed by atoms with Crippen LogP contribution < -0.4 is 9.64 Å². The van der Waals surface area contributed by atoms with Gasteiger partial charge in [0.05, 0.1) is 30.7 Å². The number of carbonyl (C=O) groups excluding carboxylic acids is 3. The first kappa shape index (κ1) is 22.7. The van der Waals surface area contributed by atoms with Crippen LogP contribution in [0.4, 0.5) is 5.69 Å². The van der Waals surface area contributed by atoms with Crippen LogP contribution in [0.1, 0.15) is 43.5 Å². The lowest BCUT2D eigenvalue weighted by Gasteiger charge is -2.37. The summed E-state index contributed by atoms with van der Waals surface area (Å²) in [6.45, 7) is 7.37. The van der Waals surface area contributed by atoms with E-state index in [4.69, 9.17) is 16.3 Å². The Morgan fingerprint density at radius 1 is 1.06 bits per heavy atom. The number of ketones is 1. The van der Waals surface area contributed by atoms with E-state index in [1.54, 1.807) is 12.1 Å². The molecule has 0 spiro atoms. The van der Waals surface area contributed by atoms with Gasteiger partial charge in [0.15, 0.2) is 5.78 Å². The number of carbonyl (C=O) groups is 3. The molecule has 3 aliphatic rings. The van der Waals surface area contributed by atoms with Crippen LogP contribution in [-0.4, -0.2) is 35.6 Å². The number of halogens is 1. The summed E-state index contributed by atoms with van der Waals surface area (Å²) in [6, 6.07) is 10.0. The molecule has 2 amide bonds. The molecule has 7 heteroatoms. The molecule has 2 aromatic rings. The van der Waals surface area contributed by atoms with Crippen LogP contribution in [-0.2, 0) is 14.4 Å². The molecule has 1 unspecified atom stereocenters. The van der Waals surface area contributed by atoms with Crippen molar-refractivity contribution < 1.29 is 19.1 Å². The molecule has 2 saturated heterocycles. The molecule has 6 nitrogen and oxygen atoms in total. The molecule has 3 heterocycles. The number of nitrogens with zero attached hydrogens (tertiary/aromatic N) is 2. The number of Topliss-reactive ketones (excluding diaryl/α,β-unsaturated/α-hetero) is 1. The normalized spacial score (nSPS) is 25.4. The van der Waals surface area contributed by atoms with Gasteiger partial charge in [-0.15, -0.1) is 0 Å². The third kappa shape index (κ3) is 3.12. The van der Waals surface area contributed by atoms with Gasteiger partial charge in [-0.2, -0.15) is 0 Å². The second-order valence-electron chi connectivity index (χ2n) is 10.2. The first-order chi connectivity index (χ1) is 16.1. The molecule has 176 valence electrons. The van der Waals surface area contributed by atoms with Gasteiger partial charge >= 0.3 is 0 Å². The van der Waals surface area contributed by atoms with E-state index in [1.807, 2.05) is 69.1 Å². The van der Waals surface area contributed by atoms with Crippen LogP contribution in [0, 0.1) is 24.2 Å². The van der Waals surface area contributed by atoms with Gasteiger partial charge < -0.3 is 9.64 Å². The number of hydrogen-bond donors (Lipinski definition) is 0. The third-order valence-electron chi connectivity index (χ3n) is 7.17. The second-order valence-corrected chi connectivity index (χ2v) is 10.6. The number of benzene rings is 2. The number of hydrogen-bond acceptors (Lipinski definition) is 5. The maximum atomic E-state index is 14.0. The van der Waals surface area contributed by atoms with Crippen LogP contribution >= 0.6 is 11.6 Å². The molecule has 5 rings (SSSR count). The highest BCUT2D eigenvalue weighted by Crippen LogP contribution is 2.55. The van der Waals surface area contributed by atoms with Gasteiger partial charge in [-0.1, -0.05) is 56.6 Å². The molecular formula is C27H27ClN2O4. The highest BCUT2D eigenvalue weighted by atomic mass is 35.5. The van der Waals surface area contributed by atoms with Crippen molar-refractivity contribution in [3.63, 3.8) is 0 Å². The first-order valence-electron chi connectivity index (χ1n) is 11.4. The molecule has 0 bridgehead atoms. The summed E-state index contributed by atoms with van der Waals surface area (Å²) in [5.74, 6) is -1.89. The van der Waals surface area contributed by atoms with Crippen molar-refractivity contribution in [3.8, 4) is 5.75 Å². The monoisotopic (exact) mass is 478 g/mol. The fourth-order valence-electron chi connectivity index (χ4n) is 5.52. The van der Waals surface area contributed by atoms with E-state index in [0.717, 1.165) is 16.7 Å². The van der Waals surface area contributed by atoms with Crippen LogP contribution in [0.25, 0.3) is 6.08 Å². The zero-order valence-electron chi connectivity index (χ0n) is 19.8. The Kier molecular flexibility index (Phi) is 5.13. The number of fused-ring (bicyclic) bond motifs is 5. The minimum atomic E-state index is -0.791. The zero-order chi connectivity index (χ0) is 24.5. The van der Waals surface area contributed by atoms with Gasteiger partial charge in [0.25, 0.3) is 0 Å². The molecule has 3 aliphatic heterocycles. The lowest BCUT2D eigenvalue weighted by atomic mass is 9.79. The second kappa shape index (κ2) is 7.70. The smallest absolute Gasteiger partial charge is 0.240 e. The minimum absolute atomic E-state index is 0.0590. The highest BCUT2D eigenvalue weighted by molar-refractivity contribution is 6.32. The average Bonchev–Trinajstić information content (AvgIpc) is 3.27. The average molecular weight is 479 g/mol. The fraction of sp³-hybridized carbons (Fsp3) is 0.370. The van der Waals surface area contributed by atoms with Gasteiger partial charge in [-0.25, -0.2) is 4.90 Å². The van der Waals surface area contributed by atoms with Crippen molar-refractivity contribution >= 4 is 41.0 Å². The van der Waals surface area contributed by atoms with E-state index >= 15 is 0 Å². The van der Waals surface area contributed by atoms with Crippen LogP contribution in [0.2, 0.25) is 5.02 Å². The summed E-state index contributed by atoms with van der Waals surface area (Å²) in [7, 11) is 1.48. The summed E-state index contributed by atoms with van der Waals surface area (Å²) < 4.78 is 5.48. The summed E-state index contributed by atoms with van der Waals surface area (Å²) in [6.07, 6.45) is 3.83. The molecular weight excluding hydrogens is 452 g/mol.